The lowest BCUT2D eigenvalue weighted by molar-refractivity contribution is -0.117. The Morgan fingerprint density at radius 1 is 1.03 bits per heavy atom. The number of ether oxygens (including phenoxy) is 1. The summed E-state index contributed by atoms with van der Waals surface area (Å²) in [5.41, 5.74) is 5.01. The molecule has 4 rings (SSSR count). The number of sulfonamides is 1. The van der Waals surface area contributed by atoms with Gasteiger partial charge in [-0.1, -0.05) is 18.2 Å². The maximum atomic E-state index is 12.8. The van der Waals surface area contributed by atoms with Gasteiger partial charge in [0.05, 0.1) is 10.5 Å². The third-order valence-electron chi connectivity index (χ3n) is 6.29. The number of amides is 1. The number of aryl methyl sites for hydroxylation is 2. The number of hydrogen-bond acceptors (Lipinski definition) is 5. The van der Waals surface area contributed by atoms with E-state index in [1.165, 1.54) is 12.1 Å². The largest absolute Gasteiger partial charge is 0.455 e. The molecule has 0 bridgehead atoms. The molecule has 1 atom stereocenters. The fourth-order valence-electron chi connectivity index (χ4n) is 4.16. The summed E-state index contributed by atoms with van der Waals surface area (Å²) in [4.78, 5) is 14.4. The molecule has 174 valence electrons. The van der Waals surface area contributed by atoms with Crippen LogP contribution in [0.2, 0.25) is 0 Å². The van der Waals surface area contributed by atoms with Crippen molar-refractivity contribution in [1.82, 2.24) is 0 Å². The number of nitriles is 1. The summed E-state index contributed by atoms with van der Waals surface area (Å²) in [6.07, 6.45) is 0.296. The highest BCUT2D eigenvalue weighted by atomic mass is 32.2. The van der Waals surface area contributed by atoms with Gasteiger partial charge in [-0.3, -0.25) is 4.79 Å². The van der Waals surface area contributed by atoms with E-state index >= 15 is 0 Å². The van der Waals surface area contributed by atoms with Crippen LogP contribution in [0.3, 0.4) is 0 Å². The van der Waals surface area contributed by atoms with Crippen LogP contribution in [-0.2, 0) is 14.8 Å². The Bertz CT molecular complexity index is 1420. The fourth-order valence-corrected chi connectivity index (χ4v) is 4.67. The van der Waals surface area contributed by atoms with Crippen LogP contribution in [0.5, 0.6) is 11.5 Å². The normalized spacial score (nSPS) is 15.9. The van der Waals surface area contributed by atoms with Crippen LogP contribution in [-0.4, -0.2) is 20.9 Å². The molecule has 7 nitrogen and oxygen atoms in total. The van der Waals surface area contributed by atoms with Gasteiger partial charge in [-0.05, 0) is 79.4 Å². The average Bonchev–Trinajstić information content (AvgIpc) is 3.20. The lowest BCUT2D eigenvalue weighted by atomic mass is 9.96. The zero-order valence-corrected chi connectivity index (χ0v) is 20.0. The number of carbonyl (C=O) groups is 1. The monoisotopic (exact) mass is 475 g/mol. The Hall–Kier alpha value is -3.67. The minimum Gasteiger partial charge on any atom is -0.455 e. The van der Waals surface area contributed by atoms with Gasteiger partial charge in [0, 0.05) is 24.6 Å². The molecule has 1 saturated heterocycles. The Kier molecular flexibility index (Phi) is 6.17. The first kappa shape index (κ1) is 23.5. The lowest BCUT2D eigenvalue weighted by Crippen LogP contribution is -2.24. The van der Waals surface area contributed by atoms with Crippen molar-refractivity contribution in [2.75, 3.05) is 11.4 Å². The summed E-state index contributed by atoms with van der Waals surface area (Å²) >= 11 is 0. The quantitative estimate of drug-likeness (QED) is 0.586. The molecule has 0 spiro atoms. The van der Waals surface area contributed by atoms with Gasteiger partial charge in [0.2, 0.25) is 15.9 Å². The molecular weight excluding hydrogens is 450 g/mol. The second-order valence-corrected chi connectivity index (χ2v) is 10.1. The van der Waals surface area contributed by atoms with Crippen LogP contribution in [0, 0.1) is 32.1 Å². The number of rotatable bonds is 5. The first-order valence-corrected chi connectivity index (χ1v) is 12.3. The van der Waals surface area contributed by atoms with E-state index in [0.717, 1.165) is 28.0 Å². The smallest absolute Gasteiger partial charge is 0.238 e. The first-order valence-electron chi connectivity index (χ1n) is 10.8. The topological polar surface area (TPSA) is 113 Å². The Balaban J connectivity index is 1.62. The lowest BCUT2D eigenvalue weighted by Gasteiger charge is -2.18. The van der Waals surface area contributed by atoms with Crippen molar-refractivity contribution in [3.05, 3.63) is 82.4 Å². The molecule has 1 aliphatic rings. The number of carbonyl (C=O) groups excluding carboxylic acids is 1. The molecule has 34 heavy (non-hydrogen) atoms. The van der Waals surface area contributed by atoms with Crippen molar-refractivity contribution in [2.24, 2.45) is 5.14 Å². The fraction of sp³-hybridized carbons (Fsp3) is 0.231. The molecule has 8 heteroatoms. The number of primary sulfonamides is 1. The van der Waals surface area contributed by atoms with Gasteiger partial charge in [0.1, 0.15) is 17.6 Å². The van der Waals surface area contributed by atoms with Gasteiger partial charge in [-0.25, -0.2) is 13.6 Å². The van der Waals surface area contributed by atoms with E-state index in [0.29, 0.717) is 30.0 Å². The Morgan fingerprint density at radius 2 is 1.71 bits per heavy atom. The van der Waals surface area contributed by atoms with E-state index in [-0.39, 0.29) is 16.7 Å². The maximum absolute atomic E-state index is 12.8. The van der Waals surface area contributed by atoms with Gasteiger partial charge in [-0.2, -0.15) is 5.26 Å². The minimum absolute atomic E-state index is 0.00457. The van der Waals surface area contributed by atoms with E-state index < -0.39 is 10.0 Å². The molecular formula is C26H25N3O4S. The zero-order valence-electron chi connectivity index (χ0n) is 19.2. The van der Waals surface area contributed by atoms with Crippen molar-refractivity contribution in [3.8, 4) is 17.6 Å². The molecule has 0 aliphatic carbocycles. The van der Waals surface area contributed by atoms with Crippen molar-refractivity contribution >= 4 is 21.6 Å². The average molecular weight is 476 g/mol. The molecule has 1 fully saturated rings. The highest BCUT2D eigenvalue weighted by Gasteiger charge is 2.32. The van der Waals surface area contributed by atoms with Gasteiger partial charge in [0.15, 0.2) is 0 Å². The van der Waals surface area contributed by atoms with Gasteiger partial charge in [0.25, 0.3) is 0 Å². The van der Waals surface area contributed by atoms with Crippen molar-refractivity contribution < 1.29 is 17.9 Å². The third kappa shape index (κ3) is 4.53. The zero-order chi connectivity index (χ0) is 24.6. The summed E-state index contributed by atoms with van der Waals surface area (Å²) in [6, 6.07) is 17.6. The third-order valence-corrected chi connectivity index (χ3v) is 7.21. The highest BCUT2D eigenvalue weighted by Crippen LogP contribution is 2.37. The van der Waals surface area contributed by atoms with Crippen LogP contribution >= 0.6 is 0 Å². The summed E-state index contributed by atoms with van der Waals surface area (Å²) < 4.78 is 29.2. The predicted octanol–water partition coefficient (Wildman–Crippen LogP) is 4.44. The molecule has 0 saturated carbocycles. The standard InChI is InChI=1S/C26H25N3O4S/c1-16-4-5-17(2)26(18(16)3)33-24-12-19(6-7-20(24)14-27)21-13-25(30)29(15-21)22-8-10-23(11-9-22)34(28,31)32/h4-12,21H,13,15H2,1-3H3,(H2,28,31,32)/t21-/m0/s1. The molecule has 0 unspecified atom stereocenters. The van der Waals surface area contributed by atoms with Crippen molar-refractivity contribution in [3.63, 3.8) is 0 Å². The second kappa shape index (κ2) is 8.93. The van der Waals surface area contributed by atoms with Crippen LogP contribution < -0.4 is 14.8 Å². The van der Waals surface area contributed by atoms with Crippen molar-refractivity contribution in [1.29, 1.82) is 5.26 Å². The maximum Gasteiger partial charge on any atom is 0.238 e. The SMILES string of the molecule is Cc1ccc(C)c(Oc2cc([C@H]3CC(=O)N(c4ccc(S(N)(=O)=O)cc4)C3)ccc2C#N)c1C. The summed E-state index contributed by atoms with van der Waals surface area (Å²) in [5.74, 6) is 1.03. The van der Waals surface area contributed by atoms with E-state index in [1.54, 1.807) is 23.1 Å². The highest BCUT2D eigenvalue weighted by molar-refractivity contribution is 7.89. The van der Waals surface area contributed by atoms with Crippen LogP contribution in [0.25, 0.3) is 0 Å². The summed E-state index contributed by atoms with van der Waals surface area (Å²) in [7, 11) is -3.80. The second-order valence-electron chi connectivity index (χ2n) is 8.57. The number of benzene rings is 3. The van der Waals surface area contributed by atoms with Gasteiger partial charge >= 0.3 is 0 Å². The number of anilines is 1. The number of nitrogens with zero attached hydrogens (tertiary/aromatic N) is 2. The number of nitrogens with two attached hydrogens (primary N) is 1. The first-order chi connectivity index (χ1) is 16.1. The molecule has 3 aromatic rings. The molecule has 1 heterocycles. The Morgan fingerprint density at radius 3 is 2.35 bits per heavy atom. The molecule has 0 radical (unpaired) electrons. The predicted molar refractivity (Wildman–Crippen MR) is 129 cm³/mol. The minimum atomic E-state index is -3.80. The molecule has 1 aliphatic heterocycles. The van der Waals surface area contributed by atoms with Crippen LogP contribution in [0.1, 0.15) is 40.2 Å². The van der Waals surface area contributed by atoms with Crippen LogP contribution in [0.15, 0.2) is 59.5 Å². The number of hydrogen-bond donors (Lipinski definition) is 1. The summed E-state index contributed by atoms with van der Waals surface area (Å²) in [6.45, 7) is 6.40. The van der Waals surface area contributed by atoms with Gasteiger partial charge in [-0.15, -0.1) is 0 Å². The molecule has 0 aromatic heterocycles. The van der Waals surface area contributed by atoms with E-state index in [9.17, 15) is 18.5 Å². The summed E-state index contributed by atoms with van der Waals surface area (Å²) in [5, 5.41) is 14.8. The van der Waals surface area contributed by atoms with E-state index in [1.807, 2.05) is 45.0 Å². The van der Waals surface area contributed by atoms with E-state index in [4.69, 9.17) is 9.88 Å². The van der Waals surface area contributed by atoms with Crippen LogP contribution in [0.4, 0.5) is 5.69 Å². The Labute approximate surface area is 199 Å². The van der Waals surface area contributed by atoms with Gasteiger partial charge < -0.3 is 9.64 Å². The van der Waals surface area contributed by atoms with E-state index in [2.05, 4.69) is 6.07 Å². The van der Waals surface area contributed by atoms with Crippen molar-refractivity contribution in [2.45, 2.75) is 38.0 Å². The molecule has 3 aromatic carbocycles. The molecule has 2 N–H and O–H groups in total. The molecule has 1 amide bonds.